The molecule has 0 amide bonds. The minimum absolute atomic E-state index is 0.480. The van der Waals surface area contributed by atoms with Gasteiger partial charge in [-0.2, -0.15) is 0 Å². The van der Waals surface area contributed by atoms with E-state index in [1.165, 1.54) is 0 Å². The predicted molar refractivity (Wildman–Crippen MR) is 51.2 cm³/mol. The van der Waals surface area contributed by atoms with Gasteiger partial charge >= 0.3 is 0 Å². The molecule has 1 aromatic carbocycles. The second-order valence-electron chi connectivity index (χ2n) is 2.68. The molecule has 0 saturated heterocycles. The van der Waals surface area contributed by atoms with Gasteiger partial charge < -0.3 is 10.7 Å². The van der Waals surface area contributed by atoms with Gasteiger partial charge in [0.15, 0.2) is 0 Å². The van der Waals surface area contributed by atoms with Gasteiger partial charge in [-0.1, -0.05) is 23.7 Å². The number of benzene rings is 1. The van der Waals surface area contributed by atoms with Crippen molar-refractivity contribution in [2.45, 2.75) is 6.54 Å². The zero-order valence-corrected chi connectivity index (χ0v) is 7.23. The van der Waals surface area contributed by atoms with Gasteiger partial charge in [0, 0.05) is 18.1 Å². The monoisotopic (exact) mass is 180 g/mol. The SMILES string of the molecule is NCc1ccc2cc[nH]c2c1Cl. The number of hydrogen-bond donors (Lipinski definition) is 2. The van der Waals surface area contributed by atoms with Crippen molar-refractivity contribution < 1.29 is 0 Å². The van der Waals surface area contributed by atoms with Crippen molar-refractivity contribution in [3.8, 4) is 0 Å². The van der Waals surface area contributed by atoms with Crippen LogP contribution in [0.5, 0.6) is 0 Å². The Morgan fingerprint density at radius 3 is 2.92 bits per heavy atom. The molecule has 0 fully saturated rings. The van der Waals surface area contributed by atoms with E-state index in [-0.39, 0.29) is 0 Å². The molecule has 0 radical (unpaired) electrons. The van der Waals surface area contributed by atoms with E-state index in [4.69, 9.17) is 17.3 Å². The predicted octanol–water partition coefficient (Wildman–Crippen LogP) is 2.28. The van der Waals surface area contributed by atoms with E-state index in [1.807, 2.05) is 24.4 Å². The van der Waals surface area contributed by atoms with Crippen molar-refractivity contribution in [2.75, 3.05) is 0 Å². The first-order valence-electron chi connectivity index (χ1n) is 3.77. The number of halogens is 1. The quantitative estimate of drug-likeness (QED) is 0.695. The number of nitrogens with two attached hydrogens (primary N) is 1. The Balaban J connectivity index is 2.78. The molecular formula is C9H9ClN2. The molecule has 0 aliphatic heterocycles. The Hall–Kier alpha value is -0.990. The molecule has 3 heteroatoms. The Kier molecular flexibility index (Phi) is 1.79. The highest BCUT2D eigenvalue weighted by molar-refractivity contribution is 6.35. The molecule has 62 valence electrons. The minimum atomic E-state index is 0.480. The molecule has 3 N–H and O–H groups in total. The van der Waals surface area contributed by atoms with Crippen LogP contribution in [0.1, 0.15) is 5.56 Å². The summed E-state index contributed by atoms with van der Waals surface area (Å²) in [5.41, 5.74) is 7.46. The van der Waals surface area contributed by atoms with Crippen molar-refractivity contribution in [1.82, 2.24) is 4.98 Å². The molecule has 0 bridgehead atoms. The van der Waals surface area contributed by atoms with E-state index in [0.717, 1.165) is 21.5 Å². The molecule has 2 nitrogen and oxygen atoms in total. The lowest BCUT2D eigenvalue weighted by molar-refractivity contribution is 1.07. The van der Waals surface area contributed by atoms with Crippen molar-refractivity contribution >= 4 is 22.5 Å². The lowest BCUT2D eigenvalue weighted by Crippen LogP contribution is -1.96. The van der Waals surface area contributed by atoms with Crippen LogP contribution in [0.4, 0.5) is 0 Å². The third-order valence-corrected chi connectivity index (χ3v) is 2.40. The zero-order valence-electron chi connectivity index (χ0n) is 6.47. The number of nitrogens with one attached hydrogen (secondary N) is 1. The standard InChI is InChI=1S/C9H9ClN2/c10-8-7(5-11)2-1-6-3-4-12-9(6)8/h1-4,12H,5,11H2. The maximum atomic E-state index is 6.07. The lowest BCUT2D eigenvalue weighted by atomic mass is 10.1. The molecule has 0 aliphatic carbocycles. The Morgan fingerprint density at radius 2 is 2.17 bits per heavy atom. The second kappa shape index (κ2) is 2.81. The highest BCUT2D eigenvalue weighted by Gasteiger charge is 2.03. The summed E-state index contributed by atoms with van der Waals surface area (Å²) in [5, 5.41) is 1.86. The lowest BCUT2D eigenvalue weighted by Gasteiger charge is -2.00. The first-order chi connectivity index (χ1) is 5.83. The van der Waals surface area contributed by atoms with Gasteiger partial charge in [-0.3, -0.25) is 0 Å². The van der Waals surface area contributed by atoms with E-state index < -0.39 is 0 Å². The number of rotatable bonds is 1. The van der Waals surface area contributed by atoms with E-state index in [2.05, 4.69) is 4.98 Å². The van der Waals surface area contributed by atoms with Crippen LogP contribution in [-0.4, -0.2) is 4.98 Å². The molecule has 2 rings (SSSR count). The molecule has 1 aromatic heterocycles. The third-order valence-electron chi connectivity index (χ3n) is 1.96. The first-order valence-corrected chi connectivity index (χ1v) is 4.15. The maximum Gasteiger partial charge on any atom is 0.0691 e. The van der Waals surface area contributed by atoms with Gasteiger partial charge in [0.1, 0.15) is 0 Å². The molecule has 0 unspecified atom stereocenters. The summed E-state index contributed by atoms with van der Waals surface area (Å²) in [4.78, 5) is 3.08. The topological polar surface area (TPSA) is 41.8 Å². The molecule has 0 aliphatic rings. The summed E-state index contributed by atoms with van der Waals surface area (Å²) in [6.07, 6.45) is 1.87. The van der Waals surface area contributed by atoms with Crippen LogP contribution in [0.25, 0.3) is 10.9 Å². The Morgan fingerprint density at radius 1 is 1.33 bits per heavy atom. The normalized spacial score (nSPS) is 10.8. The van der Waals surface area contributed by atoms with Crippen LogP contribution < -0.4 is 5.73 Å². The number of aromatic amines is 1. The molecule has 1 heterocycles. The Bertz CT molecular complexity index is 406. The molecule has 0 saturated carbocycles. The van der Waals surface area contributed by atoms with Gasteiger partial charge in [-0.15, -0.1) is 0 Å². The van der Waals surface area contributed by atoms with Gasteiger partial charge in [-0.05, 0) is 11.6 Å². The molecule has 0 spiro atoms. The number of fused-ring (bicyclic) bond motifs is 1. The minimum Gasteiger partial charge on any atom is -0.360 e. The highest BCUT2D eigenvalue weighted by atomic mass is 35.5. The van der Waals surface area contributed by atoms with Crippen LogP contribution in [0.3, 0.4) is 0 Å². The van der Waals surface area contributed by atoms with E-state index in [0.29, 0.717) is 6.54 Å². The second-order valence-corrected chi connectivity index (χ2v) is 3.06. The fourth-order valence-corrected chi connectivity index (χ4v) is 1.60. The van der Waals surface area contributed by atoms with Gasteiger partial charge in [0.05, 0.1) is 10.5 Å². The molecule has 2 aromatic rings. The number of aromatic nitrogens is 1. The molecule has 0 atom stereocenters. The van der Waals surface area contributed by atoms with Gasteiger partial charge in [0.25, 0.3) is 0 Å². The Labute approximate surface area is 75.3 Å². The van der Waals surface area contributed by atoms with Crippen LogP contribution in [0.2, 0.25) is 5.02 Å². The smallest absolute Gasteiger partial charge is 0.0691 e. The summed E-state index contributed by atoms with van der Waals surface area (Å²) in [5.74, 6) is 0. The molecule has 12 heavy (non-hydrogen) atoms. The van der Waals surface area contributed by atoms with Gasteiger partial charge in [0.2, 0.25) is 0 Å². The van der Waals surface area contributed by atoms with Crippen molar-refractivity contribution in [1.29, 1.82) is 0 Å². The number of hydrogen-bond acceptors (Lipinski definition) is 1. The summed E-state index contributed by atoms with van der Waals surface area (Å²) in [6.45, 7) is 0.480. The average Bonchev–Trinajstić information content (AvgIpc) is 2.53. The average molecular weight is 181 g/mol. The van der Waals surface area contributed by atoms with E-state index in [1.54, 1.807) is 0 Å². The fraction of sp³-hybridized carbons (Fsp3) is 0.111. The number of H-pyrrole nitrogens is 1. The fourth-order valence-electron chi connectivity index (χ4n) is 1.29. The van der Waals surface area contributed by atoms with Crippen molar-refractivity contribution in [3.05, 3.63) is 35.0 Å². The van der Waals surface area contributed by atoms with Crippen molar-refractivity contribution in [2.24, 2.45) is 5.73 Å². The summed E-state index contributed by atoms with van der Waals surface area (Å²) >= 11 is 6.07. The largest absolute Gasteiger partial charge is 0.360 e. The van der Waals surface area contributed by atoms with E-state index >= 15 is 0 Å². The zero-order chi connectivity index (χ0) is 8.55. The van der Waals surface area contributed by atoms with Crippen LogP contribution in [0.15, 0.2) is 24.4 Å². The highest BCUT2D eigenvalue weighted by Crippen LogP contribution is 2.25. The van der Waals surface area contributed by atoms with E-state index in [9.17, 15) is 0 Å². The van der Waals surface area contributed by atoms with Crippen LogP contribution in [-0.2, 0) is 6.54 Å². The first kappa shape index (κ1) is 7.65. The molecular weight excluding hydrogens is 172 g/mol. The third kappa shape index (κ3) is 1.00. The van der Waals surface area contributed by atoms with Crippen LogP contribution >= 0.6 is 11.6 Å². The van der Waals surface area contributed by atoms with Crippen LogP contribution in [0, 0.1) is 0 Å². The summed E-state index contributed by atoms with van der Waals surface area (Å²) in [6, 6.07) is 5.96. The summed E-state index contributed by atoms with van der Waals surface area (Å²) < 4.78 is 0. The van der Waals surface area contributed by atoms with Crippen molar-refractivity contribution in [3.63, 3.8) is 0 Å². The van der Waals surface area contributed by atoms with Gasteiger partial charge in [-0.25, -0.2) is 0 Å². The summed E-state index contributed by atoms with van der Waals surface area (Å²) in [7, 11) is 0. The maximum absolute atomic E-state index is 6.07.